The largest absolute Gasteiger partial charge is 0.305 e. The Kier molecular flexibility index (Phi) is 4.48. The molecule has 0 aliphatic heterocycles. The third kappa shape index (κ3) is 2.64. The van der Waals surface area contributed by atoms with Gasteiger partial charge in [-0.1, -0.05) is 18.5 Å². The van der Waals surface area contributed by atoms with Gasteiger partial charge in [-0.2, -0.15) is 5.10 Å². The molecule has 0 aromatic carbocycles. The van der Waals surface area contributed by atoms with Crippen molar-refractivity contribution in [2.45, 2.75) is 19.9 Å². The van der Waals surface area contributed by atoms with Gasteiger partial charge in [-0.15, -0.1) is 11.3 Å². The van der Waals surface area contributed by atoms with Gasteiger partial charge in [0.15, 0.2) is 0 Å². The molecule has 2 aromatic heterocycles. The van der Waals surface area contributed by atoms with Crippen LogP contribution in [0.4, 0.5) is 0 Å². The lowest BCUT2D eigenvalue weighted by Gasteiger charge is -2.17. The number of nitrogens with zero attached hydrogens (tertiary/aromatic N) is 2. The first kappa shape index (κ1) is 14.1. The number of thiophene rings is 1. The Labute approximate surface area is 124 Å². The predicted molar refractivity (Wildman–Crippen MR) is 80.5 cm³/mol. The molecule has 6 heteroatoms. The van der Waals surface area contributed by atoms with Crippen molar-refractivity contribution in [3.8, 4) is 0 Å². The molecule has 2 aromatic rings. The lowest BCUT2D eigenvalue weighted by molar-refractivity contribution is 0.579. The van der Waals surface area contributed by atoms with Gasteiger partial charge in [-0.3, -0.25) is 4.68 Å². The van der Waals surface area contributed by atoms with Crippen LogP contribution in [0.5, 0.6) is 0 Å². The molecule has 0 bridgehead atoms. The number of rotatable bonds is 4. The van der Waals surface area contributed by atoms with Crippen molar-refractivity contribution >= 4 is 38.9 Å². The first-order valence-corrected chi connectivity index (χ1v) is 7.70. The van der Waals surface area contributed by atoms with E-state index in [9.17, 15) is 0 Å². The van der Waals surface area contributed by atoms with Crippen molar-refractivity contribution in [1.82, 2.24) is 15.1 Å². The van der Waals surface area contributed by atoms with Crippen molar-refractivity contribution in [1.29, 1.82) is 0 Å². The summed E-state index contributed by atoms with van der Waals surface area (Å²) >= 11 is 11.5. The molecule has 0 aliphatic carbocycles. The van der Waals surface area contributed by atoms with Gasteiger partial charge in [-0.25, -0.2) is 0 Å². The van der Waals surface area contributed by atoms with Gasteiger partial charge in [-0.05, 0) is 41.0 Å². The Morgan fingerprint density at radius 1 is 1.61 bits per heavy atom. The van der Waals surface area contributed by atoms with Crippen LogP contribution in [0.1, 0.15) is 29.1 Å². The average Bonchev–Trinajstić information content (AvgIpc) is 2.81. The second kappa shape index (κ2) is 5.74. The van der Waals surface area contributed by atoms with Gasteiger partial charge in [0.25, 0.3) is 0 Å². The van der Waals surface area contributed by atoms with Crippen LogP contribution in [0.2, 0.25) is 5.02 Å². The van der Waals surface area contributed by atoms with Crippen molar-refractivity contribution in [2.75, 3.05) is 6.54 Å². The number of hydrogen-bond acceptors (Lipinski definition) is 3. The lowest BCUT2D eigenvalue weighted by atomic mass is 10.1. The monoisotopic (exact) mass is 347 g/mol. The predicted octanol–water partition coefficient (Wildman–Crippen LogP) is 3.90. The van der Waals surface area contributed by atoms with E-state index in [1.807, 2.05) is 11.7 Å². The second-order valence-electron chi connectivity index (χ2n) is 4.10. The summed E-state index contributed by atoms with van der Waals surface area (Å²) in [7, 11) is 1.92. The third-order valence-electron chi connectivity index (χ3n) is 2.78. The van der Waals surface area contributed by atoms with Crippen LogP contribution in [0.3, 0.4) is 0 Å². The summed E-state index contributed by atoms with van der Waals surface area (Å²) in [4.78, 5) is 1.24. The molecule has 0 aliphatic rings. The zero-order valence-corrected chi connectivity index (χ0v) is 13.7. The van der Waals surface area contributed by atoms with Crippen molar-refractivity contribution in [3.63, 3.8) is 0 Å². The summed E-state index contributed by atoms with van der Waals surface area (Å²) in [5.41, 5.74) is 2.25. The van der Waals surface area contributed by atoms with Gasteiger partial charge in [0.05, 0.1) is 26.7 Å². The molecule has 0 amide bonds. The van der Waals surface area contributed by atoms with Gasteiger partial charge < -0.3 is 5.32 Å². The number of aryl methyl sites for hydroxylation is 2. The Hall–Kier alpha value is -0.360. The highest BCUT2D eigenvalue weighted by atomic mass is 79.9. The fourth-order valence-corrected chi connectivity index (χ4v) is 3.83. The van der Waals surface area contributed by atoms with E-state index in [1.165, 1.54) is 14.2 Å². The number of halogens is 2. The number of hydrogen-bond donors (Lipinski definition) is 1. The Bertz CT molecular complexity index is 511. The minimum Gasteiger partial charge on any atom is -0.305 e. The van der Waals surface area contributed by atoms with Crippen molar-refractivity contribution < 1.29 is 0 Å². The zero-order chi connectivity index (χ0) is 13.3. The molecule has 1 unspecified atom stereocenters. The maximum Gasteiger partial charge on any atom is 0.0857 e. The molecule has 1 N–H and O–H groups in total. The summed E-state index contributed by atoms with van der Waals surface area (Å²) in [6, 6.07) is 2.27. The molecule has 0 fully saturated rings. The fraction of sp³-hybridized carbons (Fsp3) is 0.417. The molecule has 18 heavy (non-hydrogen) atoms. The van der Waals surface area contributed by atoms with E-state index in [1.54, 1.807) is 17.5 Å². The molecular weight excluding hydrogens is 334 g/mol. The highest BCUT2D eigenvalue weighted by Gasteiger charge is 2.22. The highest BCUT2D eigenvalue weighted by Crippen LogP contribution is 2.36. The lowest BCUT2D eigenvalue weighted by Crippen LogP contribution is -2.23. The molecule has 0 radical (unpaired) electrons. The summed E-state index contributed by atoms with van der Waals surface area (Å²) in [6.45, 7) is 5.06. The normalized spacial score (nSPS) is 12.9. The van der Waals surface area contributed by atoms with Crippen LogP contribution >= 0.6 is 38.9 Å². The van der Waals surface area contributed by atoms with Gasteiger partial charge in [0.1, 0.15) is 0 Å². The maximum atomic E-state index is 6.24. The minimum atomic E-state index is 0.0880. The van der Waals surface area contributed by atoms with Crippen LogP contribution < -0.4 is 5.32 Å². The number of aromatic nitrogens is 2. The fourth-order valence-electron chi connectivity index (χ4n) is 1.91. The Morgan fingerprint density at radius 3 is 2.78 bits per heavy atom. The summed E-state index contributed by atoms with van der Waals surface area (Å²) < 4.78 is 3.00. The molecule has 2 rings (SSSR count). The highest BCUT2D eigenvalue weighted by molar-refractivity contribution is 9.11. The third-order valence-corrected chi connectivity index (χ3v) is 5.27. The molecule has 3 nitrogen and oxygen atoms in total. The van der Waals surface area contributed by atoms with E-state index in [-0.39, 0.29) is 6.04 Å². The SMILES string of the molecule is CCNC(c1cc(C)c(Br)s1)c1c(Cl)cnn1C. The summed E-state index contributed by atoms with van der Waals surface area (Å²) in [5, 5.41) is 8.38. The van der Waals surface area contributed by atoms with Crippen LogP contribution in [0, 0.1) is 6.92 Å². The van der Waals surface area contributed by atoms with Crippen molar-refractivity contribution in [3.05, 3.63) is 37.2 Å². The van der Waals surface area contributed by atoms with Gasteiger partial charge in [0, 0.05) is 11.9 Å². The first-order valence-electron chi connectivity index (χ1n) is 5.71. The maximum absolute atomic E-state index is 6.24. The first-order chi connectivity index (χ1) is 8.54. The second-order valence-corrected chi connectivity index (χ2v) is 6.91. The van der Waals surface area contributed by atoms with Crippen LogP contribution in [0.25, 0.3) is 0 Å². The quantitative estimate of drug-likeness (QED) is 0.908. The molecule has 0 spiro atoms. The average molecular weight is 349 g/mol. The standard InChI is InChI=1S/C12H15BrClN3S/c1-4-15-10(9-5-7(2)12(13)18-9)11-8(14)6-16-17(11)3/h5-6,10,15H,4H2,1-3H3. The van der Waals surface area contributed by atoms with Crippen LogP contribution in [-0.4, -0.2) is 16.3 Å². The van der Waals surface area contributed by atoms with Crippen LogP contribution in [-0.2, 0) is 7.05 Å². The van der Waals surface area contributed by atoms with E-state index < -0.39 is 0 Å². The zero-order valence-electron chi connectivity index (χ0n) is 10.5. The van der Waals surface area contributed by atoms with E-state index in [0.717, 1.165) is 12.2 Å². The molecular formula is C12H15BrClN3S. The number of nitrogens with one attached hydrogen (secondary N) is 1. The molecule has 0 saturated carbocycles. The summed E-state index contributed by atoms with van der Waals surface area (Å²) in [6.07, 6.45) is 1.69. The molecule has 0 saturated heterocycles. The smallest absolute Gasteiger partial charge is 0.0857 e. The van der Waals surface area contributed by atoms with Crippen LogP contribution in [0.15, 0.2) is 16.0 Å². The van der Waals surface area contributed by atoms with E-state index >= 15 is 0 Å². The Balaban J connectivity index is 2.46. The molecule has 1 atom stereocenters. The minimum absolute atomic E-state index is 0.0880. The van der Waals surface area contributed by atoms with E-state index in [0.29, 0.717) is 5.02 Å². The van der Waals surface area contributed by atoms with E-state index in [4.69, 9.17) is 11.6 Å². The topological polar surface area (TPSA) is 29.9 Å². The van der Waals surface area contributed by atoms with E-state index in [2.05, 4.69) is 46.3 Å². The van der Waals surface area contributed by atoms with Gasteiger partial charge >= 0.3 is 0 Å². The summed E-state index contributed by atoms with van der Waals surface area (Å²) in [5.74, 6) is 0. The molecule has 98 valence electrons. The Morgan fingerprint density at radius 2 is 2.33 bits per heavy atom. The molecule has 2 heterocycles. The van der Waals surface area contributed by atoms with Crippen molar-refractivity contribution in [2.24, 2.45) is 7.05 Å². The van der Waals surface area contributed by atoms with Gasteiger partial charge in [0.2, 0.25) is 0 Å².